The summed E-state index contributed by atoms with van der Waals surface area (Å²) in [5, 5.41) is 8.30. The molecule has 0 rings (SSSR count). The molecule has 1 radical (unpaired) electrons. The number of rotatable bonds is 3. The van der Waals surface area contributed by atoms with Crippen LogP contribution >= 0.6 is 0 Å². The van der Waals surface area contributed by atoms with Crippen molar-refractivity contribution in [3.8, 4) is 0 Å². The van der Waals surface area contributed by atoms with Gasteiger partial charge in [-0.1, -0.05) is 19.6 Å². The van der Waals surface area contributed by atoms with Crippen molar-refractivity contribution in [1.29, 1.82) is 0 Å². The quantitative estimate of drug-likeness (QED) is 0.649. The minimum Gasteiger partial charge on any atom is -0.481 e. The molecule has 0 fully saturated rings. The van der Waals surface area contributed by atoms with Crippen molar-refractivity contribution in [2.75, 3.05) is 0 Å². The van der Waals surface area contributed by atoms with Crippen LogP contribution in [0.3, 0.4) is 0 Å². The molecule has 0 bridgehead atoms. The Morgan fingerprint density at radius 1 is 1.40 bits per heavy atom. The summed E-state index contributed by atoms with van der Waals surface area (Å²) < 4.78 is 0. The molecule has 0 aromatic rings. The molecule has 0 spiro atoms. The van der Waals surface area contributed by atoms with Gasteiger partial charge in [-0.3, -0.25) is 4.79 Å². The summed E-state index contributed by atoms with van der Waals surface area (Å²) in [6, 6.07) is 0.891. The second kappa shape index (κ2) is 5.35. The SMILES string of the molecule is C[Si](C)(C)CCC(=O)O.[Na]. The maximum Gasteiger partial charge on any atom is 0.303 e. The van der Waals surface area contributed by atoms with Gasteiger partial charge in [0, 0.05) is 44.1 Å². The molecule has 0 aliphatic heterocycles. The molecule has 0 unspecified atom stereocenters. The van der Waals surface area contributed by atoms with E-state index in [4.69, 9.17) is 5.11 Å². The molecule has 2 nitrogen and oxygen atoms in total. The second-order valence-corrected chi connectivity index (χ2v) is 9.08. The van der Waals surface area contributed by atoms with Crippen molar-refractivity contribution in [1.82, 2.24) is 0 Å². The fourth-order valence-corrected chi connectivity index (χ4v) is 1.45. The molecule has 0 atom stereocenters. The number of aliphatic carboxylic acids is 1. The third-order valence-electron chi connectivity index (χ3n) is 1.09. The smallest absolute Gasteiger partial charge is 0.303 e. The molecular weight excluding hydrogens is 155 g/mol. The van der Waals surface area contributed by atoms with Gasteiger partial charge in [-0.05, 0) is 6.04 Å². The summed E-state index contributed by atoms with van der Waals surface area (Å²) in [5.41, 5.74) is 0. The van der Waals surface area contributed by atoms with Crippen molar-refractivity contribution in [2.24, 2.45) is 0 Å². The van der Waals surface area contributed by atoms with E-state index in [-0.39, 0.29) is 29.6 Å². The third-order valence-corrected chi connectivity index (χ3v) is 2.84. The van der Waals surface area contributed by atoms with E-state index in [1.807, 2.05) is 0 Å². The Morgan fingerprint density at radius 2 is 1.80 bits per heavy atom. The Balaban J connectivity index is 0. The van der Waals surface area contributed by atoms with Gasteiger partial charge in [0.25, 0.3) is 0 Å². The molecule has 0 heterocycles. The Kier molecular flexibility index (Phi) is 7.11. The molecule has 0 amide bonds. The van der Waals surface area contributed by atoms with Crippen LogP contribution < -0.4 is 0 Å². The number of carboxylic acids is 1. The molecule has 0 aromatic carbocycles. The largest absolute Gasteiger partial charge is 0.481 e. The standard InChI is InChI=1S/C6H14O2Si.Na/c1-9(2,3)5-4-6(7)8;/h4-5H2,1-3H3,(H,7,8);. The van der Waals surface area contributed by atoms with E-state index in [1.165, 1.54) is 0 Å². The van der Waals surface area contributed by atoms with E-state index in [0.717, 1.165) is 6.04 Å². The summed E-state index contributed by atoms with van der Waals surface area (Å²) in [6.07, 6.45) is 0.343. The van der Waals surface area contributed by atoms with Gasteiger partial charge in [0.2, 0.25) is 0 Å². The van der Waals surface area contributed by atoms with E-state index in [1.54, 1.807) is 0 Å². The van der Waals surface area contributed by atoms with E-state index in [2.05, 4.69) is 19.6 Å². The van der Waals surface area contributed by atoms with Crippen molar-refractivity contribution in [2.45, 2.75) is 32.1 Å². The Hall–Kier alpha value is 0.687. The topological polar surface area (TPSA) is 37.3 Å². The van der Waals surface area contributed by atoms with Crippen LogP contribution in [-0.4, -0.2) is 48.7 Å². The molecule has 0 aromatic heterocycles. The van der Waals surface area contributed by atoms with Gasteiger partial charge in [-0.15, -0.1) is 0 Å². The Bertz CT molecular complexity index is 109. The molecule has 1 N–H and O–H groups in total. The van der Waals surface area contributed by atoms with E-state index >= 15 is 0 Å². The summed E-state index contributed by atoms with van der Waals surface area (Å²) in [4.78, 5) is 10.1. The fourth-order valence-electron chi connectivity index (χ4n) is 0.482. The van der Waals surface area contributed by atoms with Crippen LogP contribution in [0.25, 0.3) is 0 Å². The van der Waals surface area contributed by atoms with E-state index in [0.29, 0.717) is 6.42 Å². The van der Waals surface area contributed by atoms with Gasteiger partial charge in [0.05, 0.1) is 0 Å². The van der Waals surface area contributed by atoms with Gasteiger partial charge in [0.15, 0.2) is 0 Å². The summed E-state index contributed by atoms with van der Waals surface area (Å²) in [7, 11) is -1.10. The minimum absolute atomic E-state index is 0. The zero-order valence-electron chi connectivity index (χ0n) is 7.27. The number of carbonyl (C=O) groups is 1. The Labute approximate surface area is 85.3 Å². The predicted molar refractivity (Wildman–Crippen MR) is 46.2 cm³/mol. The predicted octanol–water partition coefficient (Wildman–Crippen LogP) is 1.42. The molecule has 0 saturated heterocycles. The normalized spacial score (nSPS) is 10.3. The third kappa shape index (κ3) is 11.5. The minimum atomic E-state index is -1.10. The van der Waals surface area contributed by atoms with E-state index in [9.17, 15) is 4.79 Å². The first-order valence-corrected chi connectivity index (χ1v) is 6.84. The van der Waals surface area contributed by atoms with Gasteiger partial charge in [-0.2, -0.15) is 0 Å². The monoisotopic (exact) mass is 169 g/mol. The maximum absolute atomic E-state index is 10.1. The zero-order chi connectivity index (χ0) is 7.49. The van der Waals surface area contributed by atoms with Crippen LogP contribution in [0.1, 0.15) is 6.42 Å². The Morgan fingerprint density at radius 3 is 1.90 bits per heavy atom. The van der Waals surface area contributed by atoms with Crippen LogP contribution in [0.5, 0.6) is 0 Å². The van der Waals surface area contributed by atoms with Crippen LogP contribution in [-0.2, 0) is 4.79 Å². The fraction of sp³-hybridized carbons (Fsp3) is 0.833. The van der Waals surface area contributed by atoms with Crippen molar-refractivity contribution < 1.29 is 9.90 Å². The first kappa shape index (κ1) is 13.3. The average molecular weight is 169 g/mol. The molecule has 0 aliphatic rings. The first-order valence-electron chi connectivity index (χ1n) is 3.13. The number of hydrogen-bond acceptors (Lipinski definition) is 1. The molecule has 0 aliphatic carbocycles. The van der Waals surface area contributed by atoms with Crippen molar-refractivity contribution >= 4 is 43.6 Å². The van der Waals surface area contributed by atoms with Crippen molar-refractivity contribution in [3.63, 3.8) is 0 Å². The van der Waals surface area contributed by atoms with E-state index < -0.39 is 14.0 Å². The van der Waals surface area contributed by atoms with Crippen LogP contribution in [0.2, 0.25) is 25.7 Å². The first-order chi connectivity index (χ1) is 3.92. The molecule has 4 heteroatoms. The molecule has 55 valence electrons. The van der Waals surface area contributed by atoms with Gasteiger partial charge in [-0.25, -0.2) is 0 Å². The summed E-state index contributed by atoms with van der Waals surface area (Å²) in [6.45, 7) is 6.53. The molecule has 10 heavy (non-hydrogen) atoms. The number of carboxylic acid groups (broad SMARTS) is 1. The summed E-state index contributed by atoms with van der Waals surface area (Å²) in [5.74, 6) is -0.669. The number of hydrogen-bond donors (Lipinski definition) is 1. The van der Waals surface area contributed by atoms with Crippen LogP contribution in [0.4, 0.5) is 0 Å². The molecule has 0 saturated carbocycles. The average Bonchev–Trinajstić information content (AvgIpc) is 1.59. The second-order valence-electron chi connectivity index (χ2n) is 3.45. The van der Waals surface area contributed by atoms with Crippen LogP contribution in [0.15, 0.2) is 0 Å². The molecular formula is C6H14NaO2Si. The van der Waals surface area contributed by atoms with Gasteiger partial charge >= 0.3 is 5.97 Å². The summed E-state index contributed by atoms with van der Waals surface area (Å²) >= 11 is 0. The van der Waals surface area contributed by atoms with Gasteiger partial charge < -0.3 is 5.11 Å². The van der Waals surface area contributed by atoms with Crippen molar-refractivity contribution in [3.05, 3.63) is 0 Å². The maximum atomic E-state index is 10.1. The van der Waals surface area contributed by atoms with Crippen LogP contribution in [0, 0.1) is 0 Å². The van der Waals surface area contributed by atoms with Gasteiger partial charge in [0.1, 0.15) is 0 Å². The zero-order valence-corrected chi connectivity index (χ0v) is 10.3.